The van der Waals surface area contributed by atoms with Gasteiger partial charge < -0.3 is 10.2 Å². The van der Waals surface area contributed by atoms with E-state index in [-0.39, 0.29) is 0 Å². The third-order valence-corrected chi connectivity index (χ3v) is 6.43. The Labute approximate surface area is 130 Å². The molecule has 2 saturated heterocycles. The van der Waals surface area contributed by atoms with Gasteiger partial charge in [-0.05, 0) is 49.9 Å². The van der Waals surface area contributed by atoms with Crippen molar-refractivity contribution in [1.82, 2.24) is 10.2 Å². The summed E-state index contributed by atoms with van der Waals surface area (Å²) in [7, 11) is 0. The minimum atomic E-state index is 0.384. The summed E-state index contributed by atoms with van der Waals surface area (Å²) in [6, 6.07) is 9.16. The molecule has 0 bridgehead atoms. The third-order valence-electron chi connectivity index (χ3n) is 5.13. The number of carbonyl (C=O) groups is 1. The van der Waals surface area contributed by atoms with E-state index >= 15 is 0 Å². The van der Waals surface area contributed by atoms with Gasteiger partial charge in [-0.1, -0.05) is 18.2 Å². The molecule has 0 aromatic heterocycles. The summed E-state index contributed by atoms with van der Waals surface area (Å²) >= 11 is 1.96. The standard InChI is InChI=1S/C17H22N2OS/c20-17-6-5-13-10-18-8-7-15(13)19(17)11-14-9-12-3-1-2-4-16(12)21-14/h1-4,13-15,18H,5-11H2. The smallest absolute Gasteiger partial charge is 0.222 e. The highest BCUT2D eigenvalue weighted by atomic mass is 32.2. The Morgan fingerprint density at radius 1 is 1.29 bits per heavy atom. The molecule has 1 amide bonds. The highest BCUT2D eigenvalue weighted by Crippen LogP contribution is 2.38. The highest BCUT2D eigenvalue weighted by molar-refractivity contribution is 8.00. The first-order valence-electron chi connectivity index (χ1n) is 8.06. The fourth-order valence-corrected chi connectivity index (χ4v) is 5.38. The fourth-order valence-electron chi connectivity index (χ4n) is 4.06. The maximum absolute atomic E-state index is 12.4. The van der Waals surface area contributed by atoms with E-state index in [1.54, 1.807) is 0 Å². The number of fused-ring (bicyclic) bond motifs is 2. The maximum Gasteiger partial charge on any atom is 0.222 e. The van der Waals surface area contributed by atoms with Crippen LogP contribution in [0.25, 0.3) is 0 Å². The van der Waals surface area contributed by atoms with Crippen LogP contribution in [0.5, 0.6) is 0 Å². The van der Waals surface area contributed by atoms with Crippen molar-refractivity contribution in [3.63, 3.8) is 0 Å². The quantitative estimate of drug-likeness (QED) is 0.910. The SMILES string of the molecule is O=C1CCC2CNCCC2N1CC1Cc2ccccc2S1. The van der Waals surface area contributed by atoms with Crippen molar-refractivity contribution in [2.45, 2.75) is 41.9 Å². The van der Waals surface area contributed by atoms with Crippen LogP contribution in [0.4, 0.5) is 0 Å². The Morgan fingerprint density at radius 3 is 3.10 bits per heavy atom. The molecule has 3 aliphatic rings. The zero-order valence-corrected chi connectivity index (χ0v) is 13.1. The molecule has 3 heterocycles. The van der Waals surface area contributed by atoms with Crippen LogP contribution in [0.15, 0.2) is 29.2 Å². The minimum Gasteiger partial charge on any atom is -0.338 e. The van der Waals surface area contributed by atoms with Crippen molar-refractivity contribution in [1.29, 1.82) is 0 Å². The average Bonchev–Trinajstić information content (AvgIpc) is 2.92. The van der Waals surface area contributed by atoms with Crippen molar-refractivity contribution >= 4 is 17.7 Å². The summed E-state index contributed by atoms with van der Waals surface area (Å²) in [5.41, 5.74) is 1.46. The molecule has 0 spiro atoms. The number of amides is 1. The average molecular weight is 302 g/mol. The first-order chi connectivity index (χ1) is 10.3. The zero-order valence-electron chi connectivity index (χ0n) is 12.3. The summed E-state index contributed by atoms with van der Waals surface area (Å²) in [6.07, 6.45) is 4.05. The Balaban J connectivity index is 1.47. The lowest BCUT2D eigenvalue weighted by atomic mass is 9.84. The van der Waals surface area contributed by atoms with E-state index in [0.717, 1.165) is 45.3 Å². The number of hydrogen-bond acceptors (Lipinski definition) is 3. The number of nitrogens with zero attached hydrogens (tertiary/aromatic N) is 1. The fraction of sp³-hybridized carbons (Fsp3) is 0.588. The summed E-state index contributed by atoms with van der Waals surface area (Å²) in [4.78, 5) is 16.0. The highest BCUT2D eigenvalue weighted by Gasteiger charge is 2.38. The van der Waals surface area contributed by atoms with E-state index in [4.69, 9.17) is 0 Å². The lowest BCUT2D eigenvalue weighted by Gasteiger charge is -2.45. The van der Waals surface area contributed by atoms with Crippen molar-refractivity contribution in [2.24, 2.45) is 5.92 Å². The molecule has 0 saturated carbocycles. The van der Waals surface area contributed by atoms with Crippen molar-refractivity contribution < 1.29 is 4.79 Å². The summed E-state index contributed by atoms with van der Waals surface area (Å²) < 4.78 is 0. The molecule has 1 aromatic rings. The number of piperidine rings is 2. The van der Waals surface area contributed by atoms with Crippen molar-refractivity contribution in [2.75, 3.05) is 19.6 Å². The Kier molecular flexibility index (Phi) is 3.67. The van der Waals surface area contributed by atoms with Crippen molar-refractivity contribution in [3.8, 4) is 0 Å². The van der Waals surface area contributed by atoms with Gasteiger partial charge in [0.25, 0.3) is 0 Å². The lowest BCUT2D eigenvalue weighted by Crippen LogP contribution is -2.56. The van der Waals surface area contributed by atoms with Gasteiger partial charge in [-0.15, -0.1) is 11.8 Å². The van der Waals surface area contributed by atoms with Crippen LogP contribution in [0, 0.1) is 5.92 Å². The van der Waals surface area contributed by atoms with E-state index in [2.05, 4.69) is 34.5 Å². The number of thioether (sulfide) groups is 1. The van der Waals surface area contributed by atoms with Gasteiger partial charge in [0.05, 0.1) is 0 Å². The molecule has 3 aliphatic heterocycles. The first-order valence-corrected chi connectivity index (χ1v) is 8.94. The van der Waals surface area contributed by atoms with Gasteiger partial charge in [0.15, 0.2) is 0 Å². The van der Waals surface area contributed by atoms with Gasteiger partial charge in [-0.25, -0.2) is 0 Å². The van der Waals surface area contributed by atoms with Crippen LogP contribution < -0.4 is 5.32 Å². The molecule has 1 aromatic carbocycles. The summed E-state index contributed by atoms with van der Waals surface area (Å²) in [6.45, 7) is 3.08. The second kappa shape index (κ2) is 5.65. The molecule has 112 valence electrons. The molecule has 4 rings (SSSR count). The van der Waals surface area contributed by atoms with E-state index < -0.39 is 0 Å². The van der Waals surface area contributed by atoms with Gasteiger partial charge in [0.1, 0.15) is 0 Å². The number of carbonyl (C=O) groups excluding carboxylic acids is 1. The van der Waals surface area contributed by atoms with Gasteiger partial charge in [-0.2, -0.15) is 0 Å². The summed E-state index contributed by atoms with van der Waals surface area (Å²) in [5.74, 6) is 1.06. The van der Waals surface area contributed by atoms with Crippen LogP contribution in [-0.4, -0.2) is 41.7 Å². The molecule has 4 heteroatoms. The second-order valence-corrected chi connectivity index (χ2v) is 7.80. The number of nitrogens with one attached hydrogen (secondary N) is 1. The van der Waals surface area contributed by atoms with Crippen LogP contribution in [0.1, 0.15) is 24.8 Å². The minimum absolute atomic E-state index is 0.384. The van der Waals surface area contributed by atoms with Gasteiger partial charge in [0.2, 0.25) is 5.91 Å². The van der Waals surface area contributed by atoms with E-state index in [9.17, 15) is 4.79 Å². The Morgan fingerprint density at radius 2 is 2.19 bits per heavy atom. The van der Waals surface area contributed by atoms with Crippen LogP contribution >= 0.6 is 11.8 Å². The number of rotatable bonds is 2. The topological polar surface area (TPSA) is 32.3 Å². The van der Waals surface area contributed by atoms with E-state index in [0.29, 0.717) is 23.1 Å². The maximum atomic E-state index is 12.4. The first kappa shape index (κ1) is 13.6. The van der Waals surface area contributed by atoms with Crippen molar-refractivity contribution in [3.05, 3.63) is 29.8 Å². The van der Waals surface area contributed by atoms with E-state index in [1.807, 2.05) is 11.8 Å². The molecule has 2 fully saturated rings. The predicted octanol–water partition coefficient (Wildman–Crippen LogP) is 2.30. The zero-order chi connectivity index (χ0) is 14.2. The Bertz CT molecular complexity index is 522. The monoisotopic (exact) mass is 302 g/mol. The molecule has 3 nitrogen and oxygen atoms in total. The second-order valence-electron chi connectivity index (χ2n) is 6.46. The van der Waals surface area contributed by atoms with Gasteiger partial charge >= 0.3 is 0 Å². The molecule has 0 aliphatic carbocycles. The molecule has 3 unspecified atom stereocenters. The molecular formula is C17H22N2OS. The number of likely N-dealkylation sites (tertiary alicyclic amines) is 1. The van der Waals surface area contributed by atoms with Crippen LogP contribution in [0.2, 0.25) is 0 Å². The molecule has 0 radical (unpaired) electrons. The molecule has 21 heavy (non-hydrogen) atoms. The molecular weight excluding hydrogens is 280 g/mol. The van der Waals surface area contributed by atoms with Gasteiger partial charge in [0, 0.05) is 29.2 Å². The Hall–Kier alpha value is -1.00. The van der Waals surface area contributed by atoms with Gasteiger partial charge in [-0.3, -0.25) is 4.79 Å². The molecule has 1 N–H and O–H groups in total. The predicted molar refractivity (Wildman–Crippen MR) is 85.5 cm³/mol. The van der Waals surface area contributed by atoms with Crippen LogP contribution in [-0.2, 0) is 11.2 Å². The number of benzene rings is 1. The third kappa shape index (κ3) is 2.59. The van der Waals surface area contributed by atoms with Crippen LogP contribution in [0.3, 0.4) is 0 Å². The largest absolute Gasteiger partial charge is 0.338 e. The number of hydrogen-bond donors (Lipinski definition) is 1. The normalized spacial score (nSPS) is 31.9. The summed E-state index contributed by atoms with van der Waals surface area (Å²) in [5, 5.41) is 4.03. The molecule has 3 atom stereocenters. The lowest BCUT2D eigenvalue weighted by molar-refractivity contribution is -0.139. The van der Waals surface area contributed by atoms with E-state index in [1.165, 1.54) is 10.5 Å².